The Hall–Kier alpha value is -2.54. The van der Waals surface area contributed by atoms with Crippen molar-refractivity contribution >= 4 is 44.8 Å². The van der Waals surface area contributed by atoms with Gasteiger partial charge in [0, 0.05) is 18.6 Å². The van der Waals surface area contributed by atoms with Gasteiger partial charge in [-0.15, -0.1) is 0 Å². The van der Waals surface area contributed by atoms with Crippen molar-refractivity contribution < 1.29 is 13.2 Å². The van der Waals surface area contributed by atoms with Crippen molar-refractivity contribution in [2.24, 2.45) is 0 Å². The van der Waals surface area contributed by atoms with Crippen molar-refractivity contribution in [3.05, 3.63) is 93.5 Å². The third kappa shape index (κ3) is 5.33. The minimum atomic E-state index is -3.76. The summed E-state index contributed by atoms with van der Waals surface area (Å²) in [6, 6.07) is 18.2. The van der Waals surface area contributed by atoms with E-state index in [0.29, 0.717) is 11.6 Å². The van der Waals surface area contributed by atoms with Gasteiger partial charge in [-0.2, -0.15) is 0 Å². The van der Waals surface area contributed by atoms with Gasteiger partial charge in [0.25, 0.3) is 15.9 Å². The van der Waals surface area contributed by atoms with Crippen molar-refractivity contribution in [3.63, 3.8) is 0 Å². The standard InChI is InChI=1S/C22H20Cl2N2O3S/c1-15-3-10-19(11-4-15)30(28,29)25-18-9-12-20(21(24)13-18)22(27)26(2)14-16-5-7-17(23)8-6-16/h3-13,25H,14H2,1-2H3. The van der Waals surface area contributed by atoms with Gasteiger partial charge in [-0.3, -0.25) is 9.52 Å². The highest BCUT2D eigenvalue weighted by molar-refractivity contribution is 7.92. The lowest BCUT2D eigenvalue weighted by Crippen LogP contribution is -2.26. The largest absolute Gasteiger partial charge is 0.337 e. The average Bonchev–Trinajstić information content (AvgIpc) is 2.69. The summed E-state index contributed by atoms with van der Waals surface area (Å²) >= 11 is 12.2. The third-order valence-corrected chi connectivity index (χ3v) is 6.42. The van der Waals surface area contributed by atoms with Crippen molar-refractivity contribution in [2.75, 3.05) is 11.8 Å². The number of hydrogen-bond acceptors (Lipinski definition) is 3. The fourth-order valence-corrected chi connectivity index (χ4v) is 4.26. The fourth-order valence-electron chi connectivity index (χ4n) is 2.82. The van der Waals surface area contributed by atoms with Crippen LogP contribution in [0.1, 0.15) is 21.5 Å². The van der Waals surface area contributed by atoms with Crippen LogP contribution in [-0.4, -0.2) is 26.3 Å². The van der Waals surface area contributed by atoms with E-state index in [9.17, 15) is 13.2 Å². The van der Waals surface area contributed by atoms with Crippen LogP contribution in [0.25, 0.3) is 0 Å². The summed E-state index contributed by atoms with van der Waals surface area (Å²) in [5, 5.41) is 0.784. The lowest BCUT2D eigenvalue weighted by Gasteiger charge is -2.18. The molecule has 0 heterocycles. The Morgan fingerprint density at radius 2 is 1.60 bits per heavy atom. The van der Waals surface area contributed by atoms with Crippen LogP contribution in [0.2, 0.25) is 10.0 Å². The molecule has 0 saturated carbocycles. The van der Waals surface area contributed by atoms with Crippen LogP contribution in [-0.2, 0) is 16.6 Å². The Bertz CT molecular complexity index is 1160. The van der Waals surface area contributed by atoms with Gasteiger partial charge >= 0.3 is 0 Å². The molecule has 3 aromatic carbocycles. The zero-order valence-corrected chi connectivity index (χ0v) is 18.7. The molecule has 3 aromatic rings. The number of sulfonamides is 1. The van der Waals surface area contributed by atoms with Gasteiger partial charge in [-0.1, -0.05) is 53.0 Å². The molecule has 0 aliphatic heterocycles. The monoisotopic (exact) mass is 462 g/mol. The number of benzene rings is 3. The highest BCUT2D eigenvalue weighted by atomic mass is 35.5. The maximum Gasteiger partial charge on any atom is 0.261 e. The average molecular weight is 463 g/mol. The second-order valence-corrected chi connectivity index (χ2v) is 9.43. The Morgan fingerprint density at radius 3 is 2.20 bits per heavy atom. The Labute approximate surface area is 186 Å². The summed E-state index contributed by atoms with van der Waals surface area (Å²) < 4.78 is 27.6. The summed E-state index contributed by atoms with van der Waals surface area (Å²) in [5.74, 6) is -0.275. The van der Waals surface area contributed by atoms with Crippen molar-refractivity contribution in [1.82, 2.24) is 4.90 Å². The predicted octanol–water partition coefficient (Wildman–Crippen LogP) is 5.37. The van der Waals surface area contributed by atoms with Gasteiger partial charge in [-0.05, 0) is 55.0 Å². The Balaban J connectivity index is 1.74. The van der Waals surface area contributed by atoms with Crippen LogP contribution in [0.5, 0.6) is 0 Å². The number of amides is 1. The third-order valence-electron chi connectivity index (χ3n) is 4.46. The first-order valence-corrected chi connectivity index (χ1v) is 11.3. The number of carbonyl (C=O) groups excluding carboxylic acids is 1. The molecule has 0 radical (unpaired) electrons. The smallest absolute Gasteiger partial charge is 0.261 e. The highest BCUT2D eigenvalue weighted by Crippen LogP contribution is 2.25. The first-order valence-electron chi connectivity index (χ1n) is 9.05. The van der Waals surface area contributed by atoms with Crippen molar-refractivity contribution in [2.45, 2.75) is 18.4 Å². The van der Waals surface area contributed by atoms with Crippen molar-refractivity contribution in [3.8, 4) is 0 Å². The van der Waals surface area contributed by atoms with Crippen LogP contribution in [0, 0.1) is 6.92 Å². The van der Waals surface area contributed by atoms with E-state index in [0.717, 1.165) is 11.1 Å². The number of hydrogen-bond donors (Lipinski definition) is 1. The molecular weight excluding hydrogens is 443 g/mol. The molecule has 0 aliphatic carbocycles. The number of halogens is 2. The zero-order valence-electron chi connectivity index (χ0n) is 16.4. The quantitative estimate of drug-likeness (QED) is 0.534. The van der Waals surface area contributed by atoms with Gasteiger partial charge in [-0.25, -0.2) is 8.42 Å². The molecule has 1 N–H and O–H groups in total. The van der Waals surface area contributed by atoms with E-state index in [1.807, 2.05) is 19.1 Å². The Kier molecular flexibility index (Phi) is 6.71. The molecule has 3 rings (SSSR count). The zero-order chi connectivity index (χ0) is 21.9. The van der Waals surface area contributed by atoms with E-state index in [1.54, 1.807) is 31.3 Å². The molecule has 0 aromatic heterocycles. The second-order valence-electron chi connectivity index (χ2n) is 6.90. The first kappa shape index (κ1) is 22.2. The molecule has 0 atom stereocenters. The number of aryl methyl sites for hydroxylation is 1. The molecular formula is C22H20Cl2N2O3S. The van der Waals surface area contributed by atoms with Gasteiger partial charge in [0.05, 0.1) is 21.2 Å². The van der Waals surface area contributed by atoms with Crippen molar-refractivity contribution in [1.29, 1.82) is 0 Å². The lowest BCUT2D eigenvalue weighted by atomic mass is 10.1. The van der Waals surface area contributed by atoms with Crippen LogP contribution in [0.3, 0.4) is 0 Å². The molecule has 5 nitrogen and oxygen atoms in total. The van der Waals surface area contributed by atoms with Gasteiger partial charge in [0.15, 0.2) is 0 Å². The maximum absolute atomic E-state index is 12.8. The van der Waals surface area contributed by atoms with E-state index in [1.165, 1.54) is 35.2 Å². The lowest BCUT2D eigenvalue weighted by molar-refractivity contribution is 0.0785. The first-order chi connectivity index (χ1) is 14.2. The predicted molar refractivity (Wildman–Crippen MR) is 121 cm³/mol. The SMILES string of the molecule is Cc1ccc(S(=O)(=O)Nc2ccc(C(=O)N(C)Cc3ccc(Cl)cc3)c(Cl)c2)cc1. The molecule has 1 amide bonds. The minimum absolute atomic E-state index is 0.145. The van der Waals surface area contributed by atoms with E-state index in [-0.39, 0.29) is 27.1 Å². The van der Waals surface area contributed by atoms with Crippen LogP contribution >= 0.6 is 23.2 Å². The maximum atomic E-state index is 12.8. The van der Waals surface area contributed by atoms with Gasteiger partial charge in [0.1, 0.15) is 0 Å². The van der Waals surface area contributed by atoms with Crippen LogP contribution < -0.4 is 4.72 Å². The number of carbonyl (C=O) groups is 1. The van der Waals surface area contributed by atoms with E-state index in [2.05, 4.69) is 4.72 Å². The summed E-state index contributed by atoms with van der Waals surface area (Å²) in [6.45, 7) is 2.26. The molecule has 0 bridgehead atoms. The fraction of sp³-hybridized carbons (Fsp3) is 0.136. The van der Waals surface area contributed by atoms with Crippen LogP contribution in [0.4, 0.5) is 5.69 Å². The molecule has 156 valence electrons. The number of anilines is 1. The van der Waals surface area contributed by atoms with Gasteiger partial charge < -0.3 is 4.90 Å². The second kappa shape index (κ2) is 9.08. The van der Waals surface area contributed by atoms with E-state index >= 15 is 0 Å². The number of rotatable bonds is 6. The summed E-state index contributed by atoms with van der Waals surface area (Å²) in [4.78, 5) is 14.4. The topological polar surface area (TPSA) is 66.5 Å². The molecule has 0 spiro atoms. The summed E-state index contributed by atoms with van der Waals surface area (Å²) in [6.07, 6.45) is 0. The minimum Gasteiger partial charge on any atom is -0.337 e. The highest BCUT2D eigenvalue weighted by Gasteiger charge is 2.18. The number of nitrogens with one attached hydrogen (secondary N) is 1. The summed E-state index contributed by atoms with van der Waals surface area (Å²) in [5.41, 5.74) is 2.44. The molecule has 30 heavy (non-hydrogen) atoms. The summed E-state index contributed by atoms with van der Waals surface area (Å²) in [7, 11) is -2.09. The molecule has 8 heteroatoms. The molecule has 0 aliphatic rings. The number of nitrogens with zero attached hydrogens (tertiary/aromatic N) is 1. The molecule has 0 saturated heterocycles. The van der Waals surface area contributed by atoms with E-state index in [4.69, 9.17) is 23.2 Å². The van der Waals surface area contributed by atoms with Crippen LogP contribution in [0.15, 0.2) is 71.6 Å². The Morgan fingerprint density at radius 1 is 0.967 bits per heavy atom. The van der Waals surface area contributed by atoms with E-state index < -0.39 is 10.0 Å². The van der Waals surface area contributed by atoms with Gasteiger partial charge in [0.2, 0.25) is 0 Å². The normalized spacial score (nSPS) is 11.2. The molecule has 0 unspecified atom stereocenters. The molecule has 0 fully saturated rings.